The van der Waals surface area contributed by atoms with E-state index in [9.17, 15) is 22.8 Å². The van der Waals surface area contributed by atoms with Gasteiger partial charge in [-0.25, -0.2) is 4.79 Å². The maximum atomic E-state index is 11.9. The van der Waals surface area contributed by atoms with Crippen molar-refractivity contribution in [2.45, 2.75) is 6.18 Å². The summed E-state index contributed by atoms with van der Waals surface area (Å²) in [7, 11) is 1.17. The van der Waals surface area contributed by atoms with Crippen molar-refractivity contribution in [2.75, 3.05) is 25.6 Å². The molecule has 0 heterocycles. The number of hydrogen-bond acceptors (Lipinski definition) is 4. The second-order valence-corrected chi connectivity index (χ2v) is 4.75. The maximum Gasteiger partial charge on any atom is 0.411 e. The van der Waals surface area contributed by atoms with Crippen molar-refractivity contribution in [3.63, 3.8) is 0 Å². The molecule has 0 aliphatic carbocycles. The molecule has 0 atom stereocenters. The highest BCUT2D eigenvalue weighted by molar-refractivity contribution is 9.10. The first-order chi connectivity index (χ1) is 9.73. The molecule has 1 N–H and O–H groups in total. The Labute approximate surface area is 126 Å². The van der Waals surface area contributed by atoms with Crippen molar-refractivity contribution in [1.82, 2.24) is 0 Å². The molecule has 9 heteroatoms. The van der Waals surface area contributed by atoms with Gasteiger partial charge in [0, 0.05) is 4.47 Å². The number of esters is 1. The van der Waals surface area contributed by atoms with Crippen LogP contribution in [0.15, 0.2) is 22.7 Å². The fraction of sp³-hybridized carbons (Fsp3) is 0.333. The fourth-order valence-electron chi connectivity index (χ4n) is 1.35. The predicted octanol–water partition coefficient (Wildman–Crippen LogP) is 2.75. The average molecular weight is 370 g/mol. The number of rotatable bonds is 5. The van der Waals surface area contributed by atoms with Gasteiger partial charge in [-0.15, -0.1) is 0 Å². The Bertz CT molecular complexity index is 534. The highest BCUT2D eigenvalue weighted by Crippen LogP contribution is 2.22. The number of carbonyl (C=O) groups is 2. The second-order valence-electron chi connectivity index (χ2n) is 3.84. The van der Waals surface area contributed by atoms with Crippen molar-refractivity contribution < 1.29 is 32.2 Å². The summed E-state index contributed by atoms with van der Waals surface area (Å²) in [6.07, 6.45) is -4.50. The minimum atomic E-state index is -4.50. The molecule has 1 rings (SSSR count). The number of ether oxygens (including phenoxy) is 2. The molecule has 0 aliphatic rings. The predicted molar refractivity (Wildman–Crippen MR) is 71.0 cm³/mol. The standard InChI is InChI=1S/C12H11BrF3NO4/c1-20-11(19)8-4-7(13)2-3-9(8)17-10(18)5-21-6-12(14,15)16/h2-4H,5-6H2,1H3,(H,17,18). The molecule has 0 spiro atoms. The lowest BCUT2D eigenvalue weighted by Crippen LogP contribution is -2.24. The van der Waals surface area contributed by atoms with Gasteiger partial charge in [-0.1, -0.05) is 15.9 Å². The highest BCUT2D eigenvalue weighted by atomic mass is 79.9. The number of anilines is 1. The highest BCUT2D eigenvalue weighted by Gasteiger charge is 2.27. The van der Waals surface area contributed by atoms with Gasteiger partial charge >= 0.3 is 12.1 Å². The summed E-state index contributed by atoms with van der Waals surface area (Å²) in [5, 5.41) is 2.29. The largest absolute Gasteiger partial charge is 0.465 e. The van der Waals surface area contributed by atoms with Crippen molar-refractivity contribution in [3.05, 3.63) is 28.2 Å². The van der Waals surface area contributed by atoms with Crippen LogP contribution in [-0.2, 0) is 14.3 Å². The van der Waals surface area contributed by atoms with E-state index in [0.717, 1.165) is 0 Å². The number of benzene rings is 1. The summed E-state index contributed by atoms with van der Waals surface area (Å²) in [5.74, 6) is -1.51. The van der Waals surface area contributed by atoms with Crippen LogP contribution in [0.5, 0.6) is 0 Å². The Balaban J connectivity index is 2.70. The normalized spacial score (nSPS) is 11.1. The van der Waals surface area contributed by atoms with Crippen LogP contribution >= 0.6 is 15.9 Å². The van der Waals surface area contributed by atoms with Gasteiger partial charge in [-0.3, -0.25) is 4.79 Å². The van der Waals surface area contributed by atoms with E-state index in [0.29, 0.717) is 4.47 Å². The molecular formula is C12H11BrF3NO4. The quantitative estimate of drug-likeness (QED) is 0.810. The van der Waals surface area contributed by atoms with Gasteiger partial charge in [0.1, 0.15) is 13.2 Å². The molecule has 0 fully saturated rings. The first-order valence-electron chi connectivity index (χ1n) is 5.55. The van der Waals surface area contributed by atoms with Gasteiger partial charge in [-0.2, -0.15) is 13.2 Å². The third kappa shape index (κ3) is 6.13. The topological polar surface area (TPSA) is 64.6 Å². The van der Waals surface area contributed by atoms with Gasteiger partial charge in [0.25, 0.3) is 0 Å². The van der Waals surface area contributed by atoms with Crippen LogP contribution in [0.4, 0.5) is 18.9 Å². The minimum absolute atomic E-state index is 0.0658. The summed E-state index contributed by atoms with van der Waals surface area (Å²) in [5.41, 5.74) is 0.182. The zero-order valence-corrected chi connectivity index (χ0v) is 12.4. The smallest absolute Gasteiger partial charge is 0.411 e. The van der Waals surface area contributed by atoms with Crippen LogP contribution in [0, 0.1) is 0 Å². The van der Waals surface area contributed by atoms with E-state index in [1.807, 2.05) is 0 Å². The molecule has 5 nitrogen and oxygen atoms in total. The SMILES string of the molecule is COC(=O)c1cc(Br)ccc1NC(=O)COCC(F)(F)F. The van der Waals surface area contributed by atoms with Crippen molar-refractivity contribution in [2.24, 2.45) is 0 Å². The van der Waals surface area contributed by atoms with E-state index in [1.54, 1.807) is 6.07 Å². The molecule has 1 aromatic carbocycles. The Hall–Kier alpha value is -1.61. The molecule has 0 bridgehead atoms. The van der Waals surface area contributed by atoms with E-state index in [1.165, 1.54) is 19.2 Å². The van der Waals surface area contributed by atoms with Gasteiger partial charge < -0.3 is 14.8 Å². The first kappa shape index (κ1) is 17.4. The Morgan fingerprint density at radius 3 is 2.57 bits per heavy atom. The second kappa shape index (κ2) is 7.41. The monoisotopic (exact) mass is 369 g/mol. The van der Waals surface area contributed by atoms with Crippen LogP contribution in [0.3, 0.4) is 0 Å². The molecule has 0 radical (unpaired) electrons. The van der Waals surface area contributed by atoms with Crippen molar-refractivity contribution in [1.29, 1.82) is 0 Å². The van der Waals surface area contributed by atoms with Crippen LogP contribution in [0.2, 0.25) is 0 Å². The lowest BCUT2D eigenvalue weighted by atomic mass is 10.2. The van der Waals surface area contributed by atoms with Gasteiger partial charge in [-0.05, 0) is 18.2 Å². The van der Waals surface area contributed by atoms with Crippen LogP contribution in [0.25, 0.3) is 0 Å². The summed E-state index contributed by atoms with van der Waals surface area (Å²) in [4.78, 5) is 23.0. The number of alkyl halides is 3. The summed E-state index contributed by atoms with van der Waals surface area (Å²) in [6, 6.07) is 4.38. The molecule has 1 aromatic rings. The van der Waals surface area contributed by atoms with Crippen LogP contribution < -0.4 is 5.32 Å². The summed E-state index contributed by atoms with van der Waals surface area (Å²) < 4.78 is 45.0. The van der Waals surface area contributed by atoms with Gasteiger partial charge in [0.15, 0.2) is 0 Å². The lowest BCUT2D eigenvalue weighted by Gasteiger charge is -2.11. The number of amides is 1. The fourth-order valence-corrected chi connectivity index (χ4v) is 1.71. The van der Waals surface area contributed by atoms with E-state index in [2.05, 4.69) is 30.7 Å². The number of methoxy groups -OCH3 is 1. The molecule has 0 aromatic heterocycles. The van der Waals surface area contributed by atoms with E-state index < -0.39 is 31.3 Å². The molecule has 0 unspecified atom stereocenters. The molecule has 0 saturated carbocycles. The minimum Gasteiger partial charge on any atom is -0.465 e. The van der Waals surface area contributed by atoms with Crippen LogP contribution in [0.1, 0.15) is 10.4 Å². The third-order valence-corrected chi connectivity index (χ3v) is 2.65. The third-order valence-electron chi connectivity index (χ3n) is 2.16. The molecular weight excluding hydrogens is 359 g/mol. The van der Waals surface area contributed by atoms with Crippen LogP contribution in [-0.4, -0.2) is 38.4 Å². The Morgan fingerprint density at radius 1 is 1.33 bits per heavy atom. The molecule has 0 saturated heterocycles. The molecule has 1 amide bonds. The van der Waals surface area contributed by atoms with E-state index in [-0.39, 0.29) is 11.3 Å². The van der Waals surface area contributed by atoms with Crippen molar-refractivity contribution >= 4 is 33.5 Å². The molecule has 116 valence electrons. The maximum absolute atomic E-state index is 11.9. The average Bonchev–Trinajstić information content (AvgIpc) is 2.38. The first-order valence-corrected chi connectivity index (χ1v) is 6.34. The summed E-state index contributed by atoms with van der Waals surface area (Å²) in [6.45, 7) is -2.30. The number of carbonyl (C=O) groups excluding carboxylic acids is 2. The molecule has 21 heavy (non-hydrogen) atoms. The zero-order chi connectivity index (χ0) is 16.0. The Kier molecular flexibility index (Phi) is 6.16. The summed E-state index contributed by atoms with van der Waals surface area (Å²) >= 11 is 3.15. The molecule has 0 aliphatic heterocycles. The number of hydrogen-bond donors (Lipinski definition) is 1. The number of nitrogens with one attached hydrogen (secondary N) is 1. The van der Waals surface area contributed by atoms with Gasteiger partial charge in [0.2, 0.25) is 5.91 Å². The van der Waals surface area contributed by atoms with E-state index >= 15 is 0 Å². The lowest BCUT2D eigenvalue weighted by molar-refractivity contribution is -0.174. The number of halogens is 4. The van der Waals surface area contributed by atoms with Gasteiger partial charge in [0.05, 0.1) is 18.4 Å². The Morgan fingerprint density at radius 2 is 2.00 bits per heavy atom. The zero-order valence-electron chi connectivity index (χ0n) is 10.8. The van der Waals surface area contributed by atoms with E-state index in [4.69, 9.17) is 0 Å². The van der Waals surface area contributed by atoms with Crippen molar-refractivity contribution in [3.8, 4) is 0 Å².